The monoisotopic (exact) mass is 205 g/mol. The predicted molar refractivity (Wildman–Crippen MR) is 59.3 cm³/mol. The first-order valence-electron chi connectivity index (χ1n) is 4.76. The van der Waals surface area contributed by atoms with E-state index in [0.717, 1.165) is 5.56 Å². The molecular weight excluding hydrogens is 190 g/mol. The highest BCUT2D eigenvalue weighted by Gasteiger charge is 2.17. The maximum Gasteiger partial charge on any atom is 0.328 e. The molecule has 1 rings (SSSR count). The summed E-state index contributed by atoms with van der Waals surface area (Å²) in [7, 11) is 1.38. The number of carbonyl (C=O) groups is 1. The molecule has 1 N–H and O–H groups in total. The zero-order valence-electron chi connectivity index (χ0n) is 8.77. The third-order valence-corrected chi connectivity index (χ3v) is 2.09. The number of nitrogens with one attached hydrogen (secondary N) is 1. The second-order valence-corrected chi connectivity index (χ2v) is 3.14. The Hall–Kier alpha value is -1.77. The first-order chi connectivity index (χ1) is 7.27. The van der Waals surface area contributed by atoms with E-state index in [9.17, 15) is 4.79 Å². The van der Waals surface area contributed by atoms with Crippen LogP contribution in [0.4, 0.5) is 0 Å². The maximum absolute atomic E-state index is 11.4. The summed E-state index contributed by atoms with van der Waals surface area (Å²) in [6, 6.07) is 9.41. The minimum Gasteiger partial charge on any atom is -0.467 e. The van der Waals surface area contributed by atoms with Crippen molar-refractivity contribution in [2.24, 2.45) is 0 Å². The van der Waals surface area contributed by atoms with Crippen LogP contribution in [-0.4, -0.2) is 19.1 Å². The lowest BCUT2D eigenvalue weighted by Gasteiger charge is -2.14. The van der Waals surface area contributed by atoms with Crippen molar-refractivity contribution in [3.8, 4) is 0 Å². The molecule has 1 aromatic carbocycles. The molecule has 0 bridgehead atoms. The molecule has 3 heteroatoms. The summed E-state index contributed by atoms with van der Waals surface area (Å²) in [5, 5.41) is 2.87. The minimum absolute atomic E-state index is 0.279. The number of benzene rings is 1. The normalized spacial score (nSPS) is 11.5. The molecule has 1 atom stereocenters. The lowest BCUT2D eigenvalue weighted by atomic mass is 10.1. The number of methoxy groups -OCH3 is 1. The Morgan fingerprint density at radius 1 is 1.53 bits per heavy atom. The number of hydrogen-bond acceptors (Lipinski definition) is 3. The minimum atomic E-state index is -0.366. The zero-order chi connectivity index (χ0) is 11.1. The molecule has 0 heterocycles. The van der Waals surface area contributed by atoms with Crippen LogP contribution < -0.4 is 5.32 Å². The molecule has 80 valence electrons. The number of esters is 1. The van der Waals surface area contributed by atoms with Crippen LogP contribution in [0, 0.1) is 0 Å². The smallest absolute Gasteiger partial charge is 0.328 e. The van der Waals surface area contributed by atoms with E-state index in [2.05, 4.69) is 16.6 Å². The highest BCUT2D eigenvalue weighted by Crippen LogP contribution is 2.04. The van der Waals surface area contributed by atoms with Gasteiger partial charge in [0.05, 0.1) is 7.11 Å². The largest absolute Gasteiger partial charge is 0.467 e. The van der Waals surface area contributed by atoms with Crippen LogP contribution in [0.3, 0.4) is 0 Å². The van der Waals surface area contributed by atoms with E-state index in [1.807, 2.05) is 30.3 Å². The van der Waals surface area contributed by atoms with Gasteiger partial charge in [-0.2, -0.15) is 0 Å². The molecule has 3 nitrogen and oxygen atoms in total. The third kappa shape index (κ3) is 3.46. The van der Waals surface area contributed by atoms with Crippen molar-refractivity contribution in [2.45, 2.75) is 12.5 Å². The highest BCUT2D eigenvalue weighted by molar-refractivity contribution is 5.76. The van der Waals surface area contributed by atoms with Crippen molar-refractivity contribution < 1.29 is 9.53 Å². The standard InChI is InChI=1S/C12H15NO2/c1-3-13-11(12(14)15-2)9-10-7-5-4-6-8-10/h3-8,11,13H,1,9H2,2H3/t11-/m0/s1. The van der Waals surface area contributed by atoms with Crippen molar-refractivity contribution in [3.63, 3.8) is 0 Å². The first-order valence-corrected chi connectivity index (χ1v) is 4.76. The van der Waals surface area contributed by atoms with Gasteiger partial charge in [0.15, 0.2) is 0 Å². The van der Waals surface area contributed by atoms with Gasteiger partial charge < -0.3 is 10.1 Å². The summed E-state index contributed by atoms with van der Waals surface area (Å²) in [5.74, 6) is -0.279. The van der Waals surface area contributed by atoms with Gasteiger partial charge in [-0.05, 0) is 11.8 Å². The van der Waals surface area contributed by atoms with E-state index in [1.54, 1.807) is 0 Å². The number of hydrogen-bond donors (Lipinski definition) is 1. The van der Waals surface area contributed by atoms with Gasteiger partial charge in [-0.1, -0.05) is 36.9 Å². The van der Waals surface area contributed by atoms with Crippen LogP contribution in [0.15, 0.2) is 43.1 Å². The van der Waals surface area contributed by atoms with Gasteiger partial charge in [0.25, 0.3) is 0 Å². The van der Waals surface area contributed by atoms with Crippen LogP contribution in [0.1, 0.15) is 5.56 Å². The van der Waals surface area contributed by atoms with Crippen LogP contribution in [0.5, 0.6) is 0 Å². The van der Waals surface area contributed by atoms with Gasteiger partial charge in [-0.3, -0.25) is 0 Å². The van der Waals surface area contributed by atoms with Crippen LogP contribution >= 0.6 is 0 Å². The van der Waals surface area contributed by atoms with Gasteiger partial charge in [0, 0.05) is 6.42 Å². The Morgan fingerprint density at radius 2 is 2.20 bits per heavy atom. The third-order valence-electron chi connectivity index (χ3n) is 2.09. The first kappa shape index (κ1) is 11.3. The zero-order valence-corrected chi connectivity index (χ0v) is 8.77. The summed E-state index contributed by atoms with van der Waals surface area (Å²) >= 11 is 0. The second kappa shape index (κ2) is 5.86. The predicted octanol–water partition coefficient (Wildman–Crippen LogP) is 1.50. The number of carbonyl (C=O) groups excluding carboxylic acids is 1. The van der Waals surface area contributed by atoms with Gasteiger partial charge >= 0.3 is 5.97 Å². The summed E-state index contributed by atoms with van der Waals surface area (Å²) in [5.41, 5.74) is 1.09. The van der Waals surface area contributed by atoms with Gasteiger partial charge in [0.1, 0.15) is 6.04 Å². The van der Waals surface area contributed by atoms with Crippen molar-refractivity contribution >= 4 is 5.97 Å². The summed E-state index contributed by atoms with van der Waals surface area (Å²) < 4.78 is 4.69. The molecule has 0 amide bonds. The van der Waals surface area contributed by atoms with E-state index >= 15 is 0 Å². The fourth-order valence-electron chi connectivity index (χ4n) is 1.34. The van der Waals surface area contributed by atoms with E-state index in [0.29, 0.717) is 6.42 Å². The number of ether oxygens (including phenoxy) is 1. The molecule has 0 aliphatic heterocycles. The lowest BCUT2D eigenvalue weighted by molar-refractivity contribution is -0.142. The highest BCUT2D eigenvalue weighted by atomic mass is 16.5. The lowest BCUT2D eigenvalue weighted by Crippen LogP contribution is -2.36. The molecule has 0 saturated carbocycles. The molecule has 0 fully saturated rings. The fraction of sp³-hybridized carbons (Fsp3) is 0.250. The molecule has 0 saturated heterocycles. The fourth-order valence-corrected chi connectivity index (χ4v) is 1.34. The SMILES string of the molecule is C=CN[C@@H](Cc1ccccc1)C(=O)OC. The van der Waals surface area contributed by atoms with E-state index in [1.165, 1.54) is 13.3 Å². The van der Waals surface area contributed by atoms with Crippen LogP contribution in [-0.2, 0) is 16.0 Å². The average molecular weight is 205 g/mol. The van der Waals surface area contributed by atoms with Gasteiger partial charge in [0.2, 0.25) is 0 Å². The van der Waals surface area contributed by atoms with Gasteiger partial charge in [-0.25, -0.2) is 4.79 Å². The maximum atomic E-state index is 11.4. The van der Waals surface area contributed by atoms with E-state index in [4.69, 9.17) is 0 Å². The molecule has 0 aromatic heterocycles. The molecule has 0 spiro atoms. The second-order valence-electron chi connectivity index (χ2n) is 3.14. The van der Waals surface area contributed by atoms with Crippen molar-refractivity contribution in [1.29, 1.82) is 0 Å². The Balaban J connectivity index is 2.66. The van der Waals surface area contributed by atoms with Crippen LogP contribution in [0.2, 0.25) is 0 Å². The van der Waals surface area contributed by atoms with E-state index < -0.39 is 0 Å². The summed E-state index contributed by atoms with van der Waals surface area (Å²) in [6.45, 7) is 3.54. The molecule has 0 unspecified atom stereocenters. The molecule has 0 aliphatic carbocycles. The van der Waals surface area contributed by atoms with Crippen LogP contribution in [0.25, 0.3) is 0 Å². The molecule has 0 radical (unpaired) electrons. The molecule has 15 heavy (non-hydrogen) atoms. The molecule has 0 aliphatic rings. The van der Waals surface area contributed by atoms with E-state index in [-0.39, 0.29) is 12.0 Å². The van der Waals surface area contributed by atoms with Gasteiger partial charge in [-0.15, -0.1) is 0 Å². The Kier molecular flexibility index (Phi) is 4.41. The van der Waals surface area contributed by atoms with Crippen molar-refractivity contribution in [3.05, 3.63) is 48.7 Å². The molecule has 1 aromatic rings. The summed E-state index contributed by atoms with van der Waals surface area (Å²) in [6.07, 6.45) is 2.10. The number of rotatable bonds is 5. The summed E-state index contributed by atoms with van der Waals surface area (Å²) in [4.78, 5) is 11.4. The average Bonchev–Trinajstić information content (AvgIpc) is 2.29. The quantitative estimate of drug-likeness (QED) is 0.740. The Labute approximate surface area is 89.8 Å². The Bertz CT molecular complexity index is 322. The van der Waals surface area contributed by atoms with Crippen molar-refractivity contribution in [1.82, 2.24) is 5.32 Å². The topological polar surface area (TPSA) is 38.3 Å². The molecular formula is C12H15NO2. The Morgan fingerprint density at radius 3 is 2.73 bits per heavy atom. The van der Waals surface area contributed by atoms with Crippen molar-refractivity contribution in [2.75, 3.05) is 7.11 Å².